The number of imide groups is 1. The van der Waals surface area contributed by atoms with Crippen LogP contribution >= 0.6 is 0 Å². The normalized spacial score (nSPS) is 21.4. The maximum Gasteiger partial charge on any atom is 0.251 e. The molecule has 1 N–H and O–H groups in total. The quantitative estimate of drug-likeness (QED) is 0.695. The molecule has 0 spiro atoms. The number of hydrogen-bond donors (Lipinski definition) is 1. The van der Waals surface area contributed by atoms with E-state index in [0.717, 1.165) is 42.8 Å². The van der Waals surface area contributed by atoms with Gasteiger partial charge in [0.15, 0.2) is 0 Å². The molecular weight excluding hydrogens is 371 g/mol. The lowest BCUT2D eigenvalue weighted by Crippen LogP contribution is -2.45. The largest absolute Gasteiger partial charge is 0.342 e. The number of nitrogens with zero attached hydrogens (tertiary/aromatic N) is 3. The van der Waals surface area contributed by atoms with Crippen LogP contribution in [0.25, 0.3) is 11.0 Å². The molecule has 3 heterocycles. The van der Waals surface area contributed by atoms with E-state index in [9.17, 15) is 14.0 Å². The summed E-state index contributed by atoms with van der Waals surface area (Å²) in [5.74, 6) is 0.471. The van der Waals surface area contributed by atoms with Crippen LogP contribution in [0, 0.1) is 5.82 Å². The lowest BCUT2D eigenvalue weighted by molar-refractivity contribution is -0.123. The minimum atomic E-state index is -0.441. The number of aromatic nitrogens is 2. The molecular formula is C22H21FN4O2. The molecule has 2 aromatic carbocycles. The molecule has 6 nitrogen and oxygen atoms in total. The van der Waals surface area contributed by atoms with Crippen molar-refractivity contribution in [3.05, 3.63) is 60.2 Å². The van der Waals surface area contributed by atoms with Gasteiger partial charge in [0, 0.05) is 5.92 Å². The molecule has 2 amide bonds. The standard InChI is InChI=1S/C22H21FN4O2/c23-15-5-7-16(8-6-15)27-20(28)13-19(22(27)29)26-11-9-14(10-12-26)21-24-17-3-1-2-4-18(17)25-21/h1-8,14,19H,9-13H2,(H,24,25). The second-order valence-corrected chi connectivity index (χ2v) is 7.71. The summed E-state index contributed by atoms with van der Waals surface area (Å²) in [6.07, 6.45) is 1.94. The van der Waals surface area contributed by atoms with Gasteiger partial charge in [-0.25, -0.2) is 14.3 Å². The van der Waals surface area contributed by atoms with Crippen molar-refractivity contribution in [2.75, 3.05) is 18.0 Å². The van der Waals surface area contributed by atoms with Gasteiger partial charge in [0.25, 0.3) is 5.91 Å². The van der Waals surface area contributed by atoms with Gasteiger partial charge in [0.05, 0.1) is 29.2 Å². The van der Waals surface area contributed by atoms with Crippen LogP contribution < -0.4 is 4.90 Å². The van der Waals surface area contributed by atoms with Gasteiger partial charge in [-0.05, 0) is 62.3 Å². The van der Waals surface area contributed by atoms with Crippen molar-refractivity contribution < 1.29 is 14.0 Å². The minimum absolute atomic E-state index is 0.172. The first kappa shape index (κ1) is 18.0. The monoisotopic (exact) mass is 392 g/mol. The number of carbonyl (C=O) groups excluding carboxylic acids is 2. The first-order valence-corrected chi connectivity index (χ1v) is 9.91. The van der Waals surface area contributed by atoms with E-state index in [-0.39, 0.29) is 18.2 Å². The number of aromatic amines is 1. The Morgan fingerprint density at radius 2 is 1.72 bits per heavy atom. The van der Waals surface area contributed by atoms with Gasteiger partial charge >= 0.3 is 0 Å². The number of likely N-dealkylation sites (tertiary alicyclic amines) is 1. The van der Waals surface area contributed by atoms with Crippen LogP contribution in [0.4, 0.5) is 10.1 Å². The zero-order valence-electron chi connectivity index (χ0n) is 15.8. The van der Waals surface area contributed by atoms with Crippen molar-refractivity contribution in [1.29, 1.82) is 0 Å². The number of imidazole rings is 1. The molecule has 3 aromatic rings. The SMILES string of the molecule is O=C1CC(N2CCC(c3nc4ccccc4[nH]3)CC2)C(=O)N1c1ccc(F)cc1. The second-order valence-electron chi connectivity index (χ2n) is 7.71. The van der Waals surface area contributed by atoms with Crippen molar-refractivity contribution in [2.45, 2.75) is 31.2 Å². The third-order valence-electron chi connectivity index (χ3n) is 5.97. The van der Waals surface area contributed by atoms with E-state index in [0.29, 0.717) is 11.6 Å². The highest BCUT2D eigenvalue weighted by Crippen LogP contribution is 2.32. The summed E-state index contributed by atoms with van der Waals surface area (Å²) in [5.41, 5.74) is 2.44. The van der Waals surface area contributed by atoms with Gasteiger partial charge in [-0.15, -0.1) is 0 Å². The molecule has 2 fully saturated rings. The number of amides is 2. The number of piperidine rings is 1. The number of anilines is 1. The summed E-state index contributed by atoms with van der Waals surface area (Å²) in [4.78, 5) is 36.8. The molecule has 0 aliphatic carbocycles. The van der Waals surface area contributed by atoms with Crippen LogP contribution in [-0.2, 0) is 9.59 Å². The third kappa shape index (κ3) is 3.21. The highest BCUT2D eigenvalue weighted by atomic mass is 19.1. The Bertz CT molecular complexity index is 1040. The number of rotatable bonds is 3. The van der Waals surface area contributed by atoms with E-state index in [4.69, 9.17) is 4.98 Å². The zero-order valence-corrected chi connectivity index (χ0v) is 15.8. The van der Waals surface area contributed by atoms with Crippen molar-refractivity contribution in [1.82, 2.24) is 14.9 Å². The average molecular weight is 392 g/mol. The van der Waals surface area contributed by atoms with Gasteiger partial charge < -0.3 is 4.98 Å². The Kier molecular flexibility index (Phi) is 4.39. The summed E-state index contributed by atoms with van der Waals surface area (Å²) in [5, 5.41) is 0. The Labute approximate surface area is 167 Å². The van der Waals surface area contributed by atoms with E-state index in [1.807, 2.05) is 24.3 Å². The molecule has 1 aromatic heterocycles. The molecule has 0 bridgehead atoms. The number of halogens is 1. The molecule has 148 valence electrons. The fourth-order valence-electron chi connectivity index (χ4n) is 4.41. The maximum atomic E-state index is 13.2. The van der Waals surface area contributed by atoms with Gasteiger partial charge in [-0.3, -0.25) is 14.5 Å². The number of nitrogens with one attached hydrogen (secondary N) is 1. The summed E-state index contributed by atoms with van der Waals surface area (Å²) in [7, 11) is 0. The average Bonchev–Trinajstić information content (AvgIpc) is 3.30. The topological polar surface area (TPSA) is 69.3 Å². The van der Waals surface area contributed by atoms with Crippen LogP contribution in [0.3, 0.4) is 0 Å². The molecule has 2 saturated heterocycles. The lowest BCUT2D eigenvalue weighted by Gasteiger charge is -2.34. The summed E-state index contributed by atoms with van der Waals surface area (Å²) in [6.45, 7) is 1.48. The molecule has 2 aliphatic heterocycles. The molecule has 1 atom stereocenters. The summed E-state index contributed by atoms with van der Waals surface area (Å²) < 4.78 is 13.2. The van der Waals surface area contributed by atoms with Gasteiger partial charge in [0.2, 0.25) is 5.91 Å². The fraction of sp³-hybridized carbons (Fsp3) is 0.318. The highest BCUT2D eigenvalue weighted by molar-refractivity contribution is 6.22. The number of para-hydroxylation sites is 2. The Balaban J connectivity index is 1.27. The van der Waals surface area contributed by atoms with Crippen LogP contribution in [0.15, 0.2) is 48.5 Å². The van der Waals surface area contributed by atoms with Gasteiger partial charge in [-0.1, -0.05) is 12.1 Å². The van der Waals surface area contributed by atoms with Crippen molar-refractivity contribution in [3.8, 4) is 0 Å². The molecule has 5 rings (SSSR count). The summed E-state index contributed by atoms with van der Waals surface area (Å²) in [6, 6.07) is 13.0. The predicted molar refractivity (Wildman–Crippen MR) is 107 cm³/mol. The van der Waals surface area contributed by atoms with Crippen molar-refractivity contribution >= 4 is 28.5 Å². The first-order valence-electron chi connectivity index (χ1n) is 9.91. The Morgan fingerprint density at radius 3 is 2.45 bits per heavy atom. The van der Waals surface area contributed by atoms with E-state index in [1.54, 1.807) is 0 Å². The van der Waals surface area contributed by atoms with E-state index < -0.39 is 11.9 Å². The minimum Gasteiger partial charge on any atom is -0.342 e. The smallest absolute Gasteiger partial charge is 0.251 e. The van der Waals surface area contributed by atoms with E-state index in [2.05, 4.69) is 9.88 Å². The van der Waals surface area contributed by atoms with Crippen molar-refractivity contribution in [2.24, 2.45) is 0 Å². The van der Waals surface area contributed by atoms with E-state index in [1.165, 1.54) is 29.2 Å². The van der Waals surface area contributed by atoms with E-state index >= 15 is 0 Å². The number of H-pyrrole nitrogens is 1. The number of fused-ring (bicyclic) bond motifs is 1. The predicted octanol–water partition coefficient (Wildman–Crippen LogP) is 3.21. The molecule has 1 unspecified atom stereocenters. The van der Waals surface area contributed by atoms with Crippen molar-refractivity contribution in [3.63, 3.8) is 0 Å². The third-order valence-corrected chi connectivity index (χ3v) is 5.97. The van der Waals surface area contributed by atoms with Gasteiger partial charge in [-0.2, -0.15) is 0 Å². The molecule has 29 heavy (non-hydrogen) atoms. The number of carbonyl (C=O) groups is 2. The van der Waals surface area contributed by atoms with Crippen LogP contribution in [-0.4, -0.2) is 45.8 Å². The first-order chi connectivity index (χ1) is 14.1. The van der Waals surface area contributed by atoms with Crippen LogP contribution in [0.1, 0.15) is 31.0 Å². The molecule has 0 radical (unpaired) electrons. The molecule has 2 aliphatic rings. The molecule has 7 heteroatoms. The Hall–Kier alpha value is -3.06. The van der Waals surface area contributed by atoms with Crippen LogP contribution in [0.5, 0.6) is 0 Å². The zero-order chi connectivity index (χ0) is 20.0. The Morgan fingerprint density at radius 1 is 1.00 bits per heavy atom. The molecule has 0 saturated carbocycles. The summed E-state index contributed by atoms with van der Waals surface area (Å²) >= 11 is 0. The second kappa shape index (κ2) is 7.08. The van der Waals surface area contributed by atoms with Gasteiger partial charge in [0.1, 0.15) is 11.6 Å². The number of hydrogen-bond acceptors (Lipinski definition) is 4. The van der Waals surface area contributed by atoms with Crippen LogP contribution in [0.2, 0.25) is 0 Å². The fourth-order valence-corrected chi connectivity index (χ4v) is 4.41. The highest BCUT2D eigenvalue weighted by Gasteiger charge is 2.43. The maximum absolute atomic E-state index is 13.2. The number of benzene rings is 2. The lowest BCUT2D eigenvalue weighted by atomic mass is 9.95.